The van der Waals surface area contributed by atoms with Crippen molar-refractivity contribution in [1.29, 1.82) is 0 Å². The number of methoxy groups -OCH3 is 1. The first-order valence-corrected chi connectivity index (χ1v) is 8.81. The molecule has 3 rings (SSSR count). The average Bonchev–Trinajstić information content (AvgIpc) is 2.74. The largest absolute Gasteiger partial charge is 0.497 e. The number of ether oxygens (including phenoxy) is 2. The quantitative estimate of drug-likeness (QED) is 0.648. The Morgan fingerprint density at radius 2 is 1.82 bits per heavy atom. The molecule has 3 aromatic rings. The van der Waals surface area contributed by atoms with Crippen LogP contribution in [0.25, 0.3) is 11.3 Å². The van der Waals surface area contributed by atoms with Gasteiger partial charge in [-0.15, -0.1) is 0 Å². The third-order valence-corrected chi connectivity index (χ3v) is 4.05. The number of aromatic nitrogens is 2. The SMILES string of the molecule is COc1ccc(-c2cc(=O)n(CCNC(=O)COc3ccccc3)cn2)cc1. The normalized spacial score (nSPS) is 10.3. The van der Waals surface area contributed by atoms with Crippen molar-refractivity contribution in [2.45, 2.75) is 6.54 Å². The molecule has 0 atom stereocenters. The summed E-state index contributed by atoms with van der Waals surface area (Å²) in [5.74, 6) is 1.12. The molecule has 0 spiro atoms. The lowest BCUT2D eigenvalue weighted by Gasteiger charge is -2.09. The lowest BCUT2D eigenvalue weighted by atomic mass is 10.1. The van der Waals surface area contributed by atoms with Crippen LogP contribution in [0.2, 0.25) is 0 Å². The molecule has 1 N–H and O–H groups in total. The van der Waals surface area contributed by atoms with E-state index in [0.717, 1.165) is 11.3 Å². The van der Waals surface area contributed by atoms with Crippen LogP contribution in [0, 0.1) is 0 Å². The smallest absolute Gasteiger partial charge is 0.258 e. The minimum atomic E-state index is -0.250. The molecule has 0 radical (unpaired) electrons. The van der Waals surface area contributed by atoms with Gasteiger partial charge in [0.05, 0.1) is 19.1 Å². The molecule has 28 heavy (non-hydrogen) atoms. The number of rotatable bonds is 8. The number of hydrogen-bond acceptors (Lipinski definition) is 5. The second-order valence-electron chi connectivity index (χ2n) is 5.99. The van der Waals surface area contributed by atoms with Gasteiger partial charge in [0.1, 0.15) is 11.5 Å². The minimum Gasteiger partial charge on any atom is -0.497 e. The zero-order valence-electron chi connectivity index (χ0n) is 15.5. The summed E-state index contributed by atoms with van der Waals surface area (Å²) in [5.41, 5.74) is 1.23. The first-order valence-electron chi connectivity index (χ1n) is 8.81. The van der Waals surface area contributed by atoms with Gasteiger partial charge < -0.3 is 14.8 Å². The molecule has 2 aromatic carbocycles. The summed E-state index contributed by atoms with van der Waals surface area (Å²) in [6, 6.07) is 17.9. The number of nitrogens with one attached hydrogen (secondary N) is 1. The van der Waals surface area contributed by atoms with Gasteiger partial charge in [-0.3, -0.25) is 14.2 Å². The van der Waals surface area contributed by atoms with Crippen LogP contribution in [0.3, 0.4) is 0 Å². The first-order chi connectivity index (χ1) is 13.7. The molecule has 0 fully saturated rings. The van der Waals surface area contributed by atoms with Crippen molar-refractivity contribution in [1.82, 2.24) is 14.9 Å². The number of para-hydroxylation sites is 1. The topological polar surface area (TPSA) is 82.5 Å². The van der Waals surface area contributed by atoms with Crippen LogP contribution < -0.4 is 20.3 Å². The van der Waals surface area contributed by atoms with Crippen molar-refractivity contribution >= 4 is 5.91 Å². The number of nitrogens with zero attached hydrogens (tertiary/aromatic N) is 2. The Kier molecular flexibility index (Phi) is 6.41. The van der Waals surface area contributed by atoms with Crippen molar-refractivity contribution < 1.29 is 14.3 Å². The van der Waals surface area contributed by atoms with Crippen molar-refractivity contribution in [2.75, 3.05) is 20.3 Å². The van der Waals surface area contributed by atoms with E-state index in [9.17, 15) is 9.59 Å². The summed E-state index contributed by atoms with van der Waals surface area (Å²) in [5, 5.41) is 2.72. The maximum atomic E-state index is 12.3. The molecule has 1 amide bonds. The fourth-order valence-electron chi connectivity index (χ4n) is 2.55. The van der Waals surface area contributed by atoms with Gasteiger partial charge in [0.2, 0.25) is 0 Å². The highest BCUT2D eigenvalue weighted by molar-refractivity contribution is 5.77. The van der Waals surface area contributed by atoms with Gasteiger partial charge in [0.15, 0.2) is 6.61 Å². The van der Waals surface area contributed by atoms with Crippen molar-refractivity contribution in [3.8, 4) is 22.8 Å². The fraction of sp³-hybridized carbons (Fsp3) is 0.190. The van der Waals surface area contributed by atoms with E-state index in [2.05, 4.69) is 10.3 Å². The lowest BCUT2D eigenvalue weighted by molar-refractivity contribution is -0.123. The van der Waals surface area contributed by atoms with Gasteiger partial charge in [-0.2, -0.15) is 0 Å². The summed E-state index contributed by atoms with van der Waals surface area (Å²) in [7, 11) is 1.60. The lowest BCUT2D eigenvalue weighted by Crippen LogP contribution is -2.33. The molecule has 0 bridgehead atoms. The molecule has 1 aromatic heterocycles. The van der Waals surface area contributed by atoms with E-state index in [1.54, 1.807) is 19.2 Å². The Morgan fingerprint density at radius 3 is 2.50 bits per heavy atom. The maximum absolute atomic E-state index is 12.3. The standard InChI is InChI=1S/C21H21N3O4/c1-27-17-9-7-16(8-10-17)19-13-21(26)24(15-23-19)12-11-22-20(25)14-28-18-5-3-2-4-6-18/h2-10,13,15H,11-12,14H2,1H3,(H,22,25). The Bertz CT molecular complexity index is 969. The van der Waals surface area contributed by atoms with Gasteiger partial charge in [-0.05, 0) is 36.4 Å². The van der Waals surface area contributed by atoms with E-state index in [-0.39, 0.29) is 18.1 Å². The highest BCUT2D eigenvalue weighted by Gasteiger charge is 2.05. The van der Waals surface area contributed by atoms with Crippen molar-refractivity contribution in [2.24, 2.45) is 0 Å². The second kappa shape index (κ2) is 9.36. The molecule has 0 unspecified atom stereocenters. The van der Waals surface area contributed by atoms with Crippen LogP contribution >= 0.6 is 0 Å². The average molecular weight is 379 g/mol. The molecular formula is C21H21N3O4. The molecular weight excluding hydrogens is 358 g/mol. The molecule has 0 aliphatic heterocycles. The fourth-order valence-corrected chi connectivity index (χ4v) is 2.55. The predicted molar refractivity (Wildman–Crippen MR) is 105 cm³/mol. The molecule has 0 aliphatic carbocycles. The Labute approximate surface area is 162 Å². The number of carbonyl (C=O) groups excluding carboxylic acids is 1. The van der Waals surface area contributed by atoms with Gasteiger partial charge in [-0.1, -0.05) is 18.2 Å². The zero-order chi connectivity index (χ0) is 19.8. The maximum Gasteiger partial charge on any atom is 0.258 e. The van der Waals surface area contributed by atoms with Crippen LogP contribution in [0.4, 0.5) is 0 Å². The van der Waals surface area contributed by atoms with Crippen LogP contribution in [0.15, 0.2) is 71.8 Å². The predicted octanol–water partition coefficient (Wildman–Crippen LogP) is 2.11. The summed E-state index contributed by atoms with van der Waals surface area (Å²) in [6.45, 7) is 0.555. The van der Waals surface area contributed by atoms with Gasteiger partial charge in [-0.25, -0.2) is 4.98 Å². The third-order valence-electron chi connectivity index (χ3n) is 4.05. The van der Waals surface area contributed by atoms with Crippen molar-refractivity contribution in [3.05, 3.63) is 77.3 Å². The van der Waals surface area contributed by atoms with Crippen LogP contribution in [0.1, 0.15) is 0 Å². The van der Waals surface area contributed by atoms with Crippen LogP contribution in [-0.4, -0.2) is 35.7 Å². The van der Waals surface area contributed by atoms with E-state index in [1.807, 2.05) is 42.5 Å². The van der Waals surface area contributed by atoms with E-state index in [4.69, 9.17) is 9.47 Å². The Balaban J connectivity index is 1.50. The van der Waals surface area contributed by atoms with E-state index < -0.39 is 0 Å². The molecule has 0 saturated heterocycles. The van der Waals surface area contributed by atoms with Gasteiger partial charge in [0, 0.05) is 24.7 Å². The number of amides is 1. The summed E-state index contributed by atoms with van der Waals surface area (Å²) in [4.78, 5) is 28.4. The molecule has 0 aliphatic rings. The third kappa shape index (κ3) is 5.20. The zero-order valence-corrected chi connectivity index (χ0v) is 15.5. The number of carbonyl (C=O) groups is 1. The molecule has 1 heterocycles. The van der Waals surface area contributed by atoms with Gasteiger partial charge in [0.25, 0.3) is 11.5 Å². The summed E-state index contributed by atoms with van der Waals surface area (Å²) < 4.78 is 11.9. The number of benzene rings is 2. The van der Waals surface area contributed by atoms with E-state index >= 15 is 0 Å². The minimum absolute atomic E-state index is 0.0758. The summed E-state index contributed by atoms with van der Waals surface area (Å²) >= 11 is 0. The van der Waals surface area contributed by atoms with Gasteiger partial charge >= 0.3 is 0 Å². The monoisotopic (exact) mass is 379 g/mol. The molecule has 7 heteroatoms. The van der Waals surface area contributed by atoms with Crippen LogP contribution in [-0.2, 0) is 11.3 Å². The molecule has 7 nitrogen and oxygen atoms in total. The van der Waals surface area contributed by atoms with Crippen molar-refractivity contribution in [3.63, 3.8) is 0 Å². The highest BCUT2D eigenvalue weighted by atomic mass is 16.5. The number of hydrogen-bond donors (Lipinski definition) is 1. The first kappa shape index (κ1) is 19.2. The second-order valence-corrected chi connectivity index (χ2v) is 5.99. The van der Waals surface area contributed by atoms with E-state index in [1.165, 1.54) is 17.0 Å². The highest BCUT2D eigenvalue weighted by Crippen LogP contribution is 2.19. The van der Waals surface area contributed by atoms with E-state index in [0.29, 0.717) is 24.5 Å². The Hall–Kier alpha value is -3.61. The molecule has 144 valence electrons. The summed E-state index contributed by atoms with van der Waals surface area (Å²) in [6.07, 6.45) is 1.48. The van der Waals surface area contributed by atoms with Crippen LogP contribution in [0.5, 0.6) is 11.5 Å². The molecule has 0 saturated carbocycles. The Morgan fingerprint density at radius 1 is 1.07 bits per heavy atom.